The molecule has 0 spiro atoms. The number of rotatable bonds is 3. The van der Waals surface area contributed by atoms with Gasteiger partial charge < -0.3 is 0 Å². The fourth-order valence-electron chi connectivity index (χ4n) is 1.49. The predicted octanol–water partition coefficient (Wildman–Crippen LogP) is 3.27. The second-order valence-corrected chi connectivity index (χ2v) is 4.87. The van der Waals surface area contributed by atoms with Crippen molar-refractivity contribution >= 4 is 47.3 Å². The third-order valence-corrected chi connectivity index (χ3v) is 3.44. The molecular formula is C12H9N3O2S2. The second-order valence-electron chi connectivity index (χ2n) is 3.60. The minimum Gasteiger partial charge on any atom is -0.282 e. The first kappa shape index (κ1) is 13.6. The second kappa shape index (κ2) is 5.85. The Morgan fingerprint density at radius 2 is 2.00 bits per heavy atom. The van der Waals surface area contributed by atoms with E-state index in [-0.39, 0.29) is 11.1 Å². The number of imide groups is 1. The molecule has 1 aromatic rings. The van der Waals surface area contributed by atoms with Gasteiger partial charge in [0.15, 0.2) is 0 Å². The Labute approximate surface area is 119 Å². The smallest absolute Gasteiger partial charge is 0.282 e. The molecule has 96 valence electrons. The van der Waals surface area contributed by atoms with Crippen LogP contribution in [-0.4, -0.2) is 11.1 Å². The van der Waals surface area contributed by atoms with Crippen LogP contribution in [0.4, 0.5) is 4.79 Å². The van der Waals surface area contributed by atoms with Gasteiger partial charge in [0.05, 0.1) is 10.6 Å². The lowest BCUT2D eigenvalue weighted by atomic mass is 10.1. The van der Waals surface area contributed by atoms with Crippen molar-refractivity contribution in [2.24, 2.45) is 5.11 Å². The molecule has 0 aromatic heterocycles. The third-order valence-electron chi connectivity index (χ3n) is 2.39. The molecular weight excluding hydrogens is 282 g/mol. The van der Waals surface area contributed by atoms with Gasteiger partial charge in [0.25, 0.3) is 11.1 Å². The average Bonchev–Trinajstić information content (AvgIpc) is 2.71. The van der Waals surface area contributed by atoms with Gasteiger partial charge in [-0.15, -0.1) is 12.6 Å². The van der Waals surface area contributed by atoms with Crippen LogP contribution < -0.4 is 5.32 Å². The number of thiol groups is 1. The maximum Gasteiger partial charge on any atom is 0.290 e. The lowest BCUT2D eigenvalue weighted by Gasteiger charge is -2.00. The Balaban J connectivity index is 2.24. The van der Waals surface area contributed by atoms with Crippen LogP contribution in [0.25, 0.3) is 11.8 Å². The Morgan fingerprint density at radius 1 is 1.32 bits per heavy atom. The SMILES string of the molecule is N=N/C(=C\S)c1ccc(/C=C2\SC(=O)NC2=O)cc1. The van der Waals surface area contributed by atoms with Gasteiger partial charge in [-0.05, 0) is 28.8 Å². The number of hydrogen-bond donors (Lipinski definition) is 3. The van der Waals surface area contributed by atoms with E-state index in [0.29, 0.717) is 10.6 Å². The summed E-state index contributed by atoms with van der Waals surface area (Å²) in [6, 6.07) is 7.10. The molecule has 0 bridgehead atoms. The van der Waals surface area contributed by atoms with E-state index >= 15 is 0 Å². The van der Waals surface area contributed by atoms with Crippen LogP contribution in [-0.2, 0) is 4.79 Å². The molecule has 1 aliphatic heterocycles. The molecule has 0 aliphatic carbocycles. The number of nitrogens with one attached hydrogen (secondary N) is 2. The van der Waals surface area contributed by atoms with E-state index in [0.717, 1.165) is 22.9 Å². The normalized spacial score (nSPS) is 17.7. The zero-order valence-corrected chi connectivity index (χ0v) is 11.3. The van der Waals surface area contributed by atoms with E-state index in [1.807, 2.05) is 0 Å². The van der Waals surface area contributed by atoms with E-state index in [4.69, 9.17) is 5.53 Å². The number of carbonyl (C=O) groups excluding carboxylic acids is 2. The summed E-state index contributed by atoms with van der Waals surface area (Å²) >= 11 is 4.84. The van der Waals surface area contributed by atoms with Gasteiger partial charge in [-0.1, -0.05) is 24.3 Å². The lowest BCUT2D eigenvalue weighted by Crippen LogP contribution is -2.17. The molecule has 19 heavy (non-hydrogen) atoms. The van der Waals surface area contributed by atoms with Crippen LogP contribution in [0.1, 0.15) is 11.1 Å². The first-order valence-electron chi connectivity index (χ1n) is 5.21. The fourth-order valence-corrected chi connectivity index (χ4v) is 2.38. The summed E-state index contributed by atoms with van der Waals surface area (Å²) in [6.45, 7) is 0. The van der Waals surface area contributed by atoms with E-state index in [1.54, 1.807) is 30.3 Å². The van der Waals surface area contributed by atoms with Crippen molar-refractivity contribution in [3.63, 3.8) is 0 Å². The van der Waals surface area contributed by atoms with Crippen molar-refractivity contribution in [1.82, 2.24) is 5.32 Å². The minimum absolute atomic E-state index is 0.360. The maximum absolute atomic E-state index is 11.4. The minimum atomic E-state index is -0.379. The van der Waals surface area contributed by atoms with E-state index in [2.05, 4.69) is 23.1 Å². The summed E-state index contributed by atoms with van der Waals surface area (Å²) in [4.78, 5) is 22.8. The van der Waals surface area contributed by atoms with Crippen molar-refractivity contribution in [2.45, 2.75) is 0 Å². The number of hydrogen-bond acceptors (Lipinski definition) is 6. The molecule has 0 saturated carbocycles. The standard InChI is InChI=1S/C12H9N3O2S2/c13-15-9(6-18)8-3-1-7(2-4-8)5-10-11(16)14-12(17)19-10/h1-6,13,18H,(H,14,16,17)/b9-6-,10-5-,15-13?. The van der Waals surface area contributed by atoms with Gasteiger partial charge in [0, 0.05) is 5.56 Å². The van der Waals surface area contributed by atoms with E-state index in [9.17, 15) is 9.59 Å². The van der Waals surface area contributed by atoms with Crippen LogP contribution in [0.3, 0.4) is 0 Å². The Morgan fingerprint density at radius 3 is 2.47 bits per heavy atom. The molecule has 7 heteroatoms. The molecule has 1 heterocycles. The number of nitrogens with zero attached hydrogens (tertiary/aromatic N) is 1. The summed E-state index contributed by atoms with van der Waals surface area (Å²) in [5.74, 6) is -0.379. The Hall–Kier alpha value is -1.86. The molecule has 1 aliphatic rings. The fraction of sp³-hybridized carbons (Fsp3) is 0. The van der Waals surface area contributed by atoms with E-state index in [1.165, 1.54) is 5.41 Å². The number of benzene rings is 1. The van der Waals surface area contributed by atoms with Crippen LogP contribution >= 0.6 is 24.4 Å². The molecule has 1 fully saturated rings. The largest absolute Gasteiger partial charge is 0.290 e. The van der Waals surface area contributed by atoms with Gasteiger partial charge >= 0.3 is 0 Å². The third kappa shape index (κ3) is 3.12. The van der Waals surface area contributed by atoms with Crippen molar-refractivity contribution in [3.05, 3.63) is 45.7 Å². The maximum atomic E-state index is 11.4. The zero-order chi connectivity index (χ0) is 13.8. The van der Waals surface area contributed by atoms with Gasteiger partial charge in [-0.2, -0.15) is 5.11 Å². The Kier molecular flexibility index (Phi) is 4.18. The van der Waals surface area contributed by atoms with Crippen LogP contribution in [0, 0.1) is 5.53 Å². The van der Waals surface area contributed by atoms with Crippen LogP contribution in [0.15, 0.2) is 39.7 Å². The zero-order valence-electron chi connectivity index (χ0n) is 9.58. The quantitative estimate of drug-likeness (QED) is 0.454. The molecule has 0 unspecified atom stereocenters. The highest BCUT2D eigenvalue weighted by Gasteiger charge is 2.24. The molecule has 0 radical (unpaired) electrons. The first-order valence-corrected chi connectivity index (χ1v) is 6.54. The molecule has 5 nitrogen and oxygen atoms in total. The van der Waals surface area contributed by atoms with Gasteiger partial charge in [0.2, 0.25) is 0 Å². The predicted molar refractivity (Wildman–Crippen MR) is 77.7 cm³/mol. The number of amides is 2. The van der Waals surface area contributed by atoms with Gasteiger partial charge in [0.1, 0.15) is 0 Å². The van der Waals surface area contributed by atoms with Crippen molar-refractivity contribution < 1.29 is 9.59 Å². The van der Waals surface area contributed by atoms with Gasteiger partial charge in [-0.25, -0.2) is 5.53 Å². The lowest BCUT2D eigenvalue weighted by molar-refractivity contribution is -0.115. The molecule has 2 N–H and O–H groups in total. The summed E-state index contributed by atoms with van der Waals surface area (Å²) in [6.07, 6.45) is 1.64. The monoisotopic (exact) mass is 291 g/mol. The Bertz CT molecular complexity index is 606. The highest BCUT2D eigenvalue weighted by Crippen LogP contribution is 2.26. The van der Waals surface area contributed by atoms with Crippen molar-refractivity contribution in [2.75, 3.05) is 0 Å². The molecule has 1 aromatic carbocycles. The number of thioether (sulfide) groups is 1. The summed E-state index contributed by atoms with van der Waals surface area (Å²) < 4.78 is 0. The number of carbonyl (C=O) groups is 2. The topological polar surface area (TPSA) is 82.4 Å². The summed E-state index contributed by atoms with van der Waals surface area (Å²) in [5.41, 5.74) is 8.98. The average molecular weight is 291 g/mol. The van der Waals surface area contributed by atoms with Crippen LogP contribution in [0.5, 0.6) is 0 Å². The molecule has 0 atom stereocenters. The highest BCUT2D eigenvalue weighted by molar-refractivity contribution is 8.18. The summed E-state index contributed by atoms with van der Waals surface area (Å²) in [5, 5.41) is 6.61. The molecule has 2 rings (SSSR count). The summed E-state index contributed by atoms with van der Waals surface area (Å²) in [7, 11) is 0. The highest BCUT2D eigenvalue weighted by atomic mass is 32.2. The van der Waals surface area contributed by atoms with E-state index < -0.39 is 0 Å². The van der Waals surface area contributed by atoms with Gasteiger partial charge in [-0.3, -0.25) is 14.9 Å². The van der Waals surface area contributed by atoms with Crippen molar-refractivity contribution in [1.29, 1.82) is 5.53 Å². The van der Waals surface area contributed by atoms with Crippen LogP contribution in [0.2, 0.25) is 0 Å². The molecule has 2 amide bonds. The van der Waals surface area contributed by atoms with Crippen molar-refractivity contribution in [3.8, 4) is 0 Å². The first-order chi connectivity index (χ1) is 9.13. The molecule has 1 saturated heterocycles.